The molecular formula is C14H22ClN2O3P. The fourth-order valence-corrected chi connectivity index (χ4v) is 4.41. The molecule has 5 nitrogen and oxygen atoms in total. The van der Waals surface area contributed by atoms with Gasteiger partial charge < -0.3 is 4.52 Å². The lowest BCUT2D eigenvalue weighted by Crippen LogP contribution is -2.31. The van der Waals surface area contributed by atoms with Gasteiger partial charge in [0.25, 0.3) is 5.69 Å². The number of nitro benzene ring substituents is 1. The van der Waals surface area contributed by atoms with Crippen LogP contribution in [-0.2, 0) is 10.9 Å². The summed E-state index contributed by atoms with van der Waals surface area (Å²) in [5.74, 6) is 0. The standard InChI is InChI=1S/C14H22ClN2O3P/c1-11(2)16(12(3)4)21(15)20-10-9-13-5-7-14(8-6-13)17(18)19/h5-8,11-12H,9-10H2,1-4H3. The quantitative estimate of drug-likeness (QED) is 0.392. The molecule has 118 valence electrons. The van der Waals surface area contributed by atoms with Crippen molar-refractivity contribution in [3.05, 3.63) is 39.9 Å². The normalized spacial score (nSPS) is 13.1. The zero-order chi connectivity index (χ0) is 16.0. The third-order valence-electron chi connectivity index (χ3n) is 2.98. The molecule has 0 aliphatic heterocycles. The molecule has 0 bridgehead atoms. The van der Waals surface area contributed by atoms with Crippen LogP contribution in [0.2, 0.25) is 0 Å². The molecule has 1 unspecified atom stereocenters. The highest BCUT2D eigenvalue weighted by molar-refractivity contribution is 7.78. The lowest BCUT2D eigenvalue weighted by molar-refractivity contribution is -0.384. The van der Waals surface area contributed by atoms with Crippen molar-refractivity contribution in [2.75, 3.05) is 6.61 Å². The Balaban J connectivity index is 2.47. The molecule has 0 saturated carbocycles. The molecule has 0 radical (unpaired) electrons. The summed E-state index contributed by atoms with van der Waals surface area (Å²) in [5.41, 5.74) is 1.10. The number of halogens is 1. The first kappa shape index (κ1) is 18.3. The average Bonchev–Trinajstić information content (AvgIpc) is 2.38. The molecule has 21 heavy (non-hydrogen) atoms. The van der Waals surface area contributed by atoms with Crippen LogP contribution >= 0.6 is 18.9 Å². The maximum absolute atomic E-state index is 10.6. The van der Waals surface area contributed by atoms with Crippen molar-refractivity contribution >= 4 is 24.6 Å². The van der Waals surface area contributed by atoms with Crippen LogP contribution < -0.4 is 0 Å². The topological polar surface area (TPSA) is 55.6 Å². The van der Waals surface area contributed by atoms with Gasteiger partial charge in [0.15, 0.2) is 0 Å². The van der Waals surface area contributed by atoms with Gasteiger partial charge in [0.1, 0.15) is 0 Å². The van der Waals surface area contributed by atoms with Crippen molar-refractivity contribution in [1.29, 1.82) is 0 Å². The lowest BCUT2D eigenvalue weighted by atomic mass is 10.1. The van der Waals surface area contributed by atoms with Crippen LogP contribution in [0.15, 0.2) is 24.3 Å². The Labute approximate surface area is 132 Å². The molecule has 0 N–H and O–H groups in total. The van der Waals surface area contributed by atoms with E-state index >= 15 is 0 Å². The van der Waals surface area contributed by atoms with Crippen LogP contribution in [-0.4, -0.2) is 28.3 Å². The van der Waals surface area contributed by atoms with Crippen LogP contribution in [0.25, 0.3) is 0 Å². The highest BCUT2D eigenvalue weighted by Gasteiger charge is 2.23. The molecule has 0 saturated heterocycles. The van der Waals surface area contributed by atoms with Crippen LogP contribution in [0.3, 0.4) is 0 Å². The van der Waals surface area contributed by atoms with Gasteiger partial charge in [-0.3, -0.25) is 10.1 Å². The van der Waals surface area contributed by atoms with Crippen molar-refractivity contribution in [2.24, 2.45) is 0 Å². The van der Waals surface area contributed by atoms with Gasteiger partial charge in [-0.25, -0.2) is 4.67 Å². The largest absolute Gasteiger partial charge is 0.331 e. The molecule has 0 amide bonds. The number of hydrogen-bond acceptors (Lipinski definition) is 4. The molecule has 1 aromatic carbocycles. The van der Waals surface area contributed by atoms with E-state index in [0.29, 0.717) is 25.1 Å². The maximum atomic E-state index is 10.6. The summed E-state index contributed by atoms with van der Waals surface area (Å²) in [4.78, 5) is 10.2. The fourth-order valence-electron chi connectivity index (χ4n) is 2.05. The molecule has 0 aliphatic rings. The van der Waals surface area contributed by atoms with Crippen molar-refractivity contribution in [3.8, 4) is 0 Å². The van der Waals surface area contributed by atoms with E-state index in [4.69, 9.17) is 15.8 Å². The highest BCUT2D eigenvalue weighted by Crippen LogP contribution is 2.49. The minimum Gasteiger partial charge on any atom is -0.331 e. The summed E-state index contributed by atoms with van der Waals surface area (Å²) in [6.07, 6.45) is 0.688. The van der Waals surface area contributed by atoms with E-state index in [1.807, 2.05) is 0 Å². The van der Waals surface area contributed by atoms with E-state index in [2.05, 4.69) is 32.4 Å². The minimum atomic E-state index is -1.14. The first-order valence-corrected chi connectivity index (χ1v) is 9.05. The third-order valence-corrected chi connectivity index (χ3v) is 5.47. The second-order valence-corrected chi connectivity index (χ2v) is 7.34. The summed E-state index contributed by atoms with van der Waals surface area (Å²) in [5, 5.41) is 10.6. The molecule has 1 aromatic rings. The van der Waals surface area contributed by atoms with Gasteiger partial charge in [0.05, 0.1) is 11.5 Å². The number of hydrogen-bond donors (Lipinski definition) is 0. The summed E-state index contributed by atoms with van der Waals surface area (Å²) >= 11 is 6.35. The number of nitro groups is 1. The smallest absolute Gasteiger partial charge is 0.269 e. The van der Waals surface area contributed by atoms with Crippen LogP contribution in [0, 0.1) is 10.1 Å². The molecule has 0 aliphatic carbocycles. The molecule has 0 heterocycles. The van der Waals surface area contributed by atoms with Crippen molar-refractivity contribution < 1.29 is 9.45 Å². The number of non-ortho nitro benzene ring substituents is 1. The first-order chi connectivity index (χ1) is 9.82. The van der Waals surface area contributed by atoms with Gasteiger partial charge >= 0.3 is 0 Å². The van der Waals surface area contributed by atoms with Gasteiger partial charge in [-0.15, -0.1) is 0 Å². The summed E-state index contributed by atoms with van der Waals surface area (Å²) in [6, 6.07) is 7.17. The summed E-state index contributed by atoms with van der Waals surface area (Å²) < 4.78 is 7.88. The van der Waals surface area contributed by atoms with Gasteiger partial charge in [-0.2, -0.15) is 0 Å². The van der Waals surface area contributed by atoms with E-state index < -0.39 is 12.6 Å². The zero-order valence-corrected chi connectivity index (χ0v) is 14.5. The predicted molar refractivity (Wildman–Crippen MR) is 87.6 cm³/mol. The van der Waals surface area contributed by atoms with E-state index in [0.717, 1.165) is 5.56 Å². The van der Waals surface area contributed by atoms with Crippen molar-refractivity contribution in [1.82, 2.24) is 4.67 Å². The molecule has 7 heteroatoms. The Kier molecular flexibility index (Phi) is 7.53. The lowest BCUT2D eigenvalue weighted by Gasteiger charge is -2.33. The Bertz CT molecular complexity index is 446. The molecule has 0 fully saturated rings. The Morgan fingerprint density at radius 3 is 2.19 bits per heavy atom. The van der Waals surface area contributed by atoms with E-state index in [1.54, 1.807) is 12.1 Å². The molecular weight excluding hydrogens is 311 g/mol. The second kappa shape index (κ2) is 8.64. The van der Waals surface area contributed by atoms with Gasteiger partial charge in [-0.1, -0.05) is 12.1 Å². The summed E-state index contributed by atoms with van der Waals surface area (Å²) in [7, 11) is -1.14. The third kappa shape index (κ3) is 5.87. The van der Waals surface area contributed by atoms with E-state index in [-0.39, 0.29) is 5.69 Å². The first-order valence-electron chi connectivity index (χ1n) is 6.93. The van der Waals surface area contributed by atoms with Crippen LogP contribution in [0.1, 0.15) is 33.3 Å². The predicted octanol–water partition coefficient (Wildman–Crippen LogP) is 4.74. The van der Waals surface area contributed by atoms with Crippen molar-refractivity contribution in [3.63, 3.8) is 0 Å². The van der Waals surface area contributed by atoms with Gasteiger partial charge in [0.2, 0.25) is 7.65 Å². The van der Waals surface area contributed by atoms with Crippen LogP contribution in [0.4, 0.5) is 5.69 Å². The second-order valence-electron chi connectivity index (χ2n) is 5.30. The van der Waals surface area contributed by atoms with Crippen molar-refractivity contribution in [2.45, 2.75) is 46.2 Å². The zero-order valence-electron chi connectivity index (χ0n) is 12.8. The summed E-state index contributed by atoms with van der Waals surface area (Å²) in [6.45, 7) is 8.88. The average molecular weight is 333 g/mol. The van der Waals surface area contributed by atoms with Gasteiger partial charge in [-0.05, 0) is 50.9 Å². The number of rotatable bonds is 8. The minimum absolute atomic E-state index is 0.102. The number of benzene rings is 1. The van der Waals surface area contributed by atoms with E-state index in [9.17, 15) is 10.1 Å². The molecule has 0 spiro atoms. The highest BCUT2D eigenvalue weighted by atomic mass is 35.7. The maximum Gasteiger partial charge on any atom is 0.269 e. The van der Waals surface area contributed by atoms with Crippen LogP contribution in [0.5, 0.6) is 0 Å². The van der Waals surface area contributed by atoms with E-state index in [1.165, 1.54) is 12.1 Å². The molecule has 1 rings (SSSR count). The Hall–Kier alpha value is -0.740. The van der Waals surface area contributed by atoms with Gasteiger partial charge in [0, 0.05) is 24.2 Å². The monoisotopic (exact) mass is 332 g/mol. The fraction of sp³-hybridized carbons (Fsp3) is 0.571. The molecule has 0 aromatic heterocycles. The number of nitrogens with zero attached hydrogens (tertiary/aromatic N) is 2. The Morgan fingerprint density at radius 2 is 1.76 bits per heavy atom. The Morgan fingerprint density at radius 1 is 1.24 bits per heavy atom. The molecule has 1 atom stereocenters. The SMILES string of the molecule is CC(C)N(C(C)C)P(Cl)OCCc1ccc([N+](=O)[O-])cc1.